The van der Waals surface area contributed by atoms with Gasteiger partial charge in [-0.25, -0.2) is 0 Å². The molecular formula is C23H23Cl3NO4-. The normalized spacial score (nSPS) is 11.3. The van der Waals surface area contributed by atoms with E-state index in [1.807, 2.05) is 32.9 Å². The number of alkyl halides is 3. The van der Waals surface area contributed by atoms with E-state index in [2.05, 4.69) is 6.08 Å². The Balaban J connectivity index is 2.31. The molecule has 31 heavy (non-hydrogen) atoms. The maximum atomic E-state index is 11.4. The molecule has 1 N–H and O–H groups in total. The summed E-state index contributed by atoms with van der Waals surface area (Å²) in [6.07, 6.45) is 5.52. The fraction of sp³-hybridized carbons (Fsp3) is 0.261. The maximum absolute atomic E-state index is 11.4. The highest BCUT2D eigenvalue weighted by molar-refractivity contribution is 6.66. The molecule has 2 rings (SSSR count). The highest BCUT2D eigenvalue weighted by Crippen LogP contribution is 2.32. The summed E-state index contributed by atoms with van der Waals surface area (Å²) in [4.78, 5) is 11.4. The molecule has 0 aliphatic rings. The van der Waals surface area contributed by atoms with Crippen LogP contribution in [-0.2, 0) is 17.8 Å². The van der Waals surface area contributed by atoms with Gasteiger partial charge in [-0.2, -0.15) is 0 Å². The van der Waals surface area contributed by atoms with E-state index in [0.29, 0.717) is 23.5 Å². The van der Waals surface area contributed by atoms with Crippen LogP contribution < -0.4 is 15.0 Å². The lowest BCUT2D eigenvalue weighted by Gasteiger charge is -2.17. The van der Waals surface area contributed by atoms with Crippen molar-refractivity contribution in [2.45, 2.75) is 37.8 Å². The average Bonchev–Trinajstić information content (AvgIpc) is 2.70. The number of ether oxygens (including phenoxy) is 2. The van der Waals surface area contributed by atoms with Crippen molar-refractivity contribution in [1.82, 2.24) is 5.48 Å². The van der Waals surface area contributed by atoms with E-state index < -0.39 is 9.89 Å². The van der Waals surface area contributed by atoms with Crippen molar-refractivity contribution in [3.63, 3.8) is 0 Å². The van der Waals surface area contributed by atoms with E-state index in [1.54, 1.807) is 30.3 Å². The molecule has 0 spiro atoms. The lowest BCUT2D eigenvalue weighted by molar-refractivity contribution is -0.115. The van der Waals surface area contributed by atoms with Crippen molar-refractivity contribution in [3.05, 3.63) is 81.6 Å². The first-order valence-corrected chi connectivity index (χ1v) is 10.6. The zero-order chi connectivity index (χ0) is 23.0. The number of aryl methyl sites for hydroxylation is 1. The summed E-state index contributed by atoms with van der Waals surface area (Å²) < 4.78 is 9.50. The van der Waals surface area contributed by atoms with Crippen LogP contribution >= 0.6 is 34.8 Å². The molecule has 0 aromatic heterocycles. The Morgan fingerprint density at radius 2 is 1.81 bits per heavy atom. The smallest absolute Gasteiger partial charge is 0.338 e. The second-order valence-electron chi connectivity index (χ2n) is 7.05. The summed E-state index contributed by atoms with van der Waals surface area (Å²) in [7, 11) is 0. The minimum Gasteiger partial charge on any atom is -0.759 e. The summed E-state index contributed by atoms with van der Waals surface area (Å²) in [6.45, 7) is 6.33. The molecule has 2 aromatic carbocycles. The van der Waals surface area contributed by atoms with Crippen molar-refractivity contribution in [2.24, 2.45) is 0 Å². The molecule has 8 heteroatoms. The Bertz CT molecular complexity index is 960. The van der Waals surface area contributed by atoms with Crippen LogP contribution in [0.2, 0.25) is 0 Å². The quantitative estimate of drug-likeness (QED) is 0.204. The zero-order valence-electron chi connectivity index (χ0n) is 17.4. The molecule has 0 aliphatic heterocycles. The van der Waals surface area contributed by atoms with Gasteiger partial charge in [0.2, 0.25) is 5.91 Å². The van der Waals surface area contributed by atoms with Gasteiger partial charge >= 0.3 is 3.98 Å². The van der Waals surface area contributed by atoms with Gasteiger partial charge in [-0.05, 0) is 91.3 Å². The molecule has 0 bridgehead atoms. The van der Waals surface area contributed by atoms with Gasteiger partial charge in [0.25, 0.3) is 0 Å². The van der Waals surface area contributed by atoms with E-state index >= 15 is 0 Å². The standard InChI is InChI=1S/C23H23Cl3NO4/c1-15(2)4-12-20-16(3)5-8-18(9-13-21(28)27-29)22(20)30-14-17-6-10-19(11-7-17)31-23(24,25)26/h4-11,13H,12,14H2,1-3H3,(H-,27,28,29)/q-1/b13-9+. The summed E-state index contributed by atoms with van der Waals surface area (Å²) >= 11 is 16.9. The molecule has 166 valence electrons. The third kappa shape index (κ3) is 8.46. The van der Waals surface area contributed by atoms with Crippen LogP contribution in [-0.4, -0.2) is 9.89 Å². The molecule has 0 saturated carbocycles. The van der Waals surface area contributed by atoms with Crippen LogP contribution in [0.5, 0.6) is 11.5 Å². The number of carbonyl (C=O) groups excluding carboxylic acids is 1. The fourth-order valence-electron chi connectivity index (χ4n) is 2.75. The van der Waals surface area contributed by atoms with Crippen LogP contribution in [0.15, 0.2) is 54.1 Å². The number of amides is 1. The van der Waals surface area contributed by atoms with E-state index in [0.717, 1.165) is 16.7 Å². The second kappa shape index (κ2) is 11.4. The van der Waals surface area contributed by atoms with Gasteiger partial charge in [0, 0.05) is 17.2 Å². The molecule has 0 atom stereocenters. The summed E-state index contributed by atoms with van der Waals surface area (Å²) in [6, 6.07) is 10.8. The Labute approximate surface area is 197 Å². The first-order chi connectivity index (χ1) is 14.6. The number of hydrogen-bond acceptors (Lipinski definition) is 4. The van der Waals surface area contributed by atoms with Crippen molar-refractivity contribution < 1.29 is 14.3 Å². The number of hydrogen-bond donors (Lipinski definition) is 1. The fourth-order valence-corrected chi connectivity index (χ4v) is 3.02. The number of carbonyl (C=O) groups is 1. The molecule has 0 radical (unpaired) electrons. The molecule has 1 amide bonds. The summed E-state index contributed by atoms with van der Waals surface area (Å²) in [5.41, 5.74) is 6.15. The van der Waals surface area contributed by atoms with Crippen LogP contribution in [0, 0.1) is 12.1 Å². The Morgan fingerprint density at radius 1 is 1.13 bits per heavy atom. The Kier molecular flexibility index (Phi) is 9.26. The van der Waals surface area contributed by atoms with Gasteiger partial charge < -0.3 is 20.2 Å². The highest BCUT2D eigenvalue weighted by atomic mass is 35.6. The predicted molar refractivity (Wildman–Crippen MR) is 127 cm³/mol. The van der Waals surface area contributed by atoms with E-state index in [4.69, 9.17) is 44.3 Å². The van der Waals surface area contributed by atoms with E-state index in [-0.39, 0.29) is 6.61 Å². The summed E-state index contributed by atoms with van der Waals surface area (Å²) in [5, 5.41) is 10.5. The van der Waals surface area contributed by atoms with Crippen molar-refractivity contribution in [1.29, 1.82) is 0 Å². The number of benzene rings is 2. The zero-order valence-corrected chi connectivity index (χ0v) is 19.6. The van der Waals surface area contributed by atoms with Crippen LogP contribution in [0.3, 0.4) is 0 Å². The Hall–Kier alpha value is -2.18. The average molecular weight is 484 g/mol. The lowest BCUT2D eigenvalue weighted by atomic mass is 9.99. The monoisotopic (exact) mass is 482 g/mol. The van der Waals surface area contributed by atoms with Gasteiger partial charge in [-0.3, -0.25) is 4.79 Å². The number of hydroxylamine groups is 1. The van der Waals surface area contributed by atoms with E-state index in [1.165, 1.54) is 17.1 Å². The third-order valence-electron chi connectivity index (χ3n) is 4.29. The SMILES string of the molecule is CC(C)=CCc1c(C)ccc(/C=C/C(=O)N[O-])c1OCc1ccc(OC(Cl)(Cl)Cl)cc1. The van der Waals surface area contributed by atoms with Crippen molar-refractivity contribution in [3.8, 4) is 11.5 Å². The van der Waals surface area contributed by atoms with Crippen molar-refractivity contribution in [2.75, 3.05) is 0 Å². The first-order valence-electron chi connectivity index (χ1n) is 9.42. The Morgan fingerprint density at radius 3 is 2.39 bits per heavy atom. The van der Waals surface area contributed by atoms with Crippen LogP contribution in [0.1, 0.15) is 36.1 Å². The maximum Gasteiger partial charge on any atom is 0.338 e. The van der Waals surface area contributed by atoms with Gasteiger partial charge in [-0.15, -0.1) is 0 Å². The summed E-state index contributed by atoms with van der Waals surface area (Å²) in [5.74, 6) is 0.326. The largest absolute Gasteiger partial charge is 0.759 e. The highest BCUT2D eigenvalue weighted by Gasteiger charge is 2.21. The minimum absolute atomic E-state index is 0.272. The first kappa shape index (κ1) is 25.1. The topological polar surface area (TPSA) is 70.6 Å². The molecule has 2 aromatic rings. The third-order valence-corrected chi connectivity index (χ3v) is 4.53. The lowest BCUT2D eigenvalue weighted by Crippen LogP contribution is -2.12. The predicted octanol–water partition coefficient (Wildman–Crippen LogP) is 6.42. The number of allylic oxidation sites excluding steroid dienone is 2. The van der Waals surface area contributed by atoms with Crippen LogP contribution in [0.4, 0.5) is 0 Å². The molecule has 5 nitrogen and oxygen atoms in total. The van der Waals surface area contributed by atoms with Gasteiger partial charge in [-0.1, -0.05) is 35.9 Å². The number of nitrogens with one attached hydrogen (secondary N) is 1. The van der Waals surface area contributed by atoms with Gasteiger partial charge in [0.1, 0.15) is 18.1 Å². The van der Waals surface area contributed by atoms with Gasteiger partial charge in [0.05, 0.1) is 0 Å². The van der Waals surface area contributed by atoms with Gasteiger partial charge in [0.15, 0.2) is 0 Å². The van der Waals surface area contributed by atoms with E-state index in [9.17, 15) is 10.0 Å². The molecule has 0 saturated heterocycles. The molecule has 0 fully saturated rings. The number of halogens is 3. The number of rotatable bonds is 8. The molecule has 0 unspecified atom stereocenters. The minimum atomic E-state index is -1.84. The van der Waals surface area contributed by atoms with Crippen LogP contribution in [0.25, 0.3) is 6.08 Å². The molecule has 0 heterocycles. The molecule has 0 aliphatic carbocycles. The molecular weight excluding hydrogens is 461 g/mol. The second-order valence-corrected chi connectivity index (χ2v) is 9.22. The van der Waals surface area contributed by atoms with Crippen molar-refractivity contribution >= 4 is 46.8 Å².